The van der Waals surface area contributed by atoms with Crippen molar-refractivity contribution in [2.45, 2.75) is 88.8 Å². The molecule has 9 nitrogen and oxygen atoms in total. The summed E-state index contributed by atoms with van der Waals surface area (Å²) in [5, 5.41) is 0. The first-order valence-electron chi connectivity index (χ1n) is 15.4. The molecule has 0 radical (unpaired) electrons. The molecule has 2 atom stereocenters. The number of benzene rings is 1. The Balaban J connectivity index is 1.10. The Hall–Kier alpha value is -2.61. The quantitative estimate of drug-likeness (QED) is 0.417. The van der Waals surface area contributed by atoms with E-state index >= 15 is 0 Å². The number of aryl methyl sites for hydroxylation is 1. The Kier molecular flexibility index (Phi) is 9.98. The zero-order valence-electron chi connectivity index (χ0n) is 25.6. The van der Waals surface area contributed by atoms with E-state index in [1.807, 2.05) is 11.8 Å². The van der Waals surface area contributed by atoms with Crippen molar-refractivity contribution >= 4 is 15.9 Å². The highest BCUT2D eigenvalue weighted by Gasteiger charge is 2.34. The summed E-state index contributed by atoms with van der Waals surface area (Å²) in [4.78, 5) is 26.6. The predicted octanol–water partition coefficient (Wildman–Crippen LogP) is 4.62. The zero-order valence-corrected chi connectivity index (χ0v) is 26.4. The van der Waals surface area contributed by atoms with E-state index in [4.69, 9.17) is 4.74 Å². The van der Waals surface area contributed by atoms with Crippen LogP contribution in [0.25, 0.3) is 0 Å². The second kappa shape index (κ2) is 13.4. The lowest BCUT2D eigenvalue weighted by molar-refractivity contribution is -0.137. The highest BCUT2D eigenvalue weighted by atomic mass is 32.2. The van der Waals surface area contributed by atoms with Gasteiger partial charge in [-0.1, -0.05) is 12.1 Å². The van der Waals surface area contributed by atoms with Gasteiger partial charge in [-0.05, 0) is 89.1 Å². The zero-order chi connectivity index (χ0) is 31.6. The van der Waals surface area contributed by atoms with Crippen molar-refractivity contribution in [3.8, 4) is 0 Å². The van der Waals surface area contributed by atoms with Gasteiger partial charge in [0, 0.05) is 43.5 Å². The van der Waals surface area contributed by atoms with Crippen LogP contribution in [0.2, 0.25) is 0 Å². The molecule has 0 saturated carbocycles. The molecule has 1 aromatic heterocycles. The lowest BCUT2D eigenvalue weighted by Gasteiger charge is -2.43. The van der Waals surface area contributed by atoms with Crippen molar-refractivity contribution in [2.24, 2.45) is 0 Å². The average molecular weight is 638 g/mol. The third-order valence-corrected chi connectivity index (χ3v) is 11.0. The number of nitrogens with zero attached hydrogens (tertiary/aromatic N) is 5. The van der Waals surface area contributed by atoms with E-state index in [0.717, 1.165) is 80.6 Å². The van der Waals surface area contributed by atoms with E-state index < -0.39 is 21.8 Å². The van der Waals surface area contributed by atoms with E-state index in [-0.39, 0.29) is 24.2 Å². The van der Waals surface area contributed by atoms with Gasteiger partial charge in [0.2, 0.25) is 10.0 Å². The number of ether oxygens (including phenoxy) is 1. The highest BCUT2D eigenvalue weighted by molar-refractivity contribution is 7.88. The molecule has 3 aliphatic heterocycles. The summed E-state index contributed by atoms with van der Waals surface area (Å²) in [6.07, 6.45) is 4.31. The Morgan fingerprint density at radius 1 is 1.00 bits per heavy atom. The van der Waals surface area contributed by atoms with Crippen molar-refractivity contribution in [3.05, 3.63) is 58.7 Å². The van der Waals surface area contributed by atoms with Gasteiger partial charge in [-0.25, -0.2) is 22.7 Å². The second-order valence-corrected chi connectivity index (χ2v) is 14.4. The van der Waals surface area contributed by atoms with E-state index in [2.05, 4.69) is 14.9 Å². The minimum Gasteiger partial charge on any atom is -0.370 e. The first-order chi connectivity index (χ1) is 20.8. The summed E-state index contributed by atoms with van der Waals surface area (Å²) in [5.41, 5.74) is 2.09. The van der Waals surface area contributed by atoms with E-state index in [1.54, 1.807) is 7.05 Å². The standard InChI is InChI=1S/C31H42F3N5O4S/c1-21-27(10-8-26-9-11-28(43-26)22-4-6-23(7-5-22)31(32,33)34)35-20-36-29(21)30(40)39-18-14-25(15-19-39)38-16-12-24(13-17-38)37(2)44(3,41)42/h4-7,20,24-26,28H,8-19H2,1-3H3/t26?,28-/m1/s1. The summed E-state index contributed by atoms with van der Waals surface area (Å²) < 4.78 is 70.2. The fraction of sp³-hybridized carbons (Fsp3) is 0.645. The maximum Gasteiger partial charge on any atom is 0.416 e. The SMILES string of the molecule is Cc1c(CCC2CC[C@H](c3ccc(C(F)(F)F)cc3)O2)ncnc1C(=O)N1CCC(N2CCC(N(C)S(C)(=O)=O)CC2)CC1. The molecule has 4 heterocycles. The van der Waals surface area contributed by atoms with Crippen LogP contribution in [0.5, 0.6) is 0 Å². The lowest BCUT2D eigenvalue weighted by atomic mass is 9.97. The highest BCUT2D eigenvalue weighted by Crippen LogP contribution is 2.36. The van der Waals surface area contributed by atoms with Gasteiger partial charge >= 0.3 is 6.18 Å². The lowest BCUT2D eigenvalue weighted by Crippen LogP contribution is -2.52. The van der Waals surface area contributed by atoms with Crippen LogP contribution in [0.15, 0.2) is 30.6 Å². The minimum atomic E-state index is -4.36. The molecule has 1 aromatic carbocycles. The van der Waals surface area contributed by atoms with Crippen LogP contribution in [-0.2, 0) is 27.4 Å². The van der Waals surface area contributed by atoms with Crippen molar-refractivity contribution in [2.75, 3.05) is 39.5 Å². The van der Waals surface area contributed by atoms with Crippen LogP contribution in [0.1, 0.15) is 83.9 Å². The molecule has 5 rings (SSSR count). The van der Waals surface area contributed by atoms with Crippen LogP contribution in [0, 0.1) is 6.92 Å². The monoisotopic (exact) mass is 637 g/mol. The molecule has 44 heavy (non-hydrogen) atoms. The molecule has 13 heteroatoms. The van der Waals surface area contributed by atoms with Crippen LogP contribution >= 0.6 is 0 Å². The number of rotatable bonds is 8. The van der Waals surface area contributed by atoms with Gasteiger partial charge in [0.1, 0.15) is 12.0 Å². The fourth-order valence-corrected chi connectivity index (χ4v) is 7.52. The number of carbonyl (C=O) groups is 1. The number of likely N-dealkylation sites (tertiary alicyclic amines) is 2. The second-order valence-electron chi connectivity index (χ2n) is 12.3. The van der Waals surface area contributed by atoms with E-state index in [0.29, 0.717) is 37.7 Å². The molecule has 0 N–H and O–H groups in total. The number of hydrogen-bond donors (Lipinski definition) is 0. The summed E-state index contributed by atoms with van der Waals surface area (Å²) in [7, 11) is -1.54. The van der Waals surface area contributed by atoms with Gasteiger partial charge in [-0.15, -0.1) is 0 Å². The van der Waals surface area contributed by atoms with Gasteiger partial charge in [-0.2, -0.15) is 13.2 Å². The normalized spacial score (nSPS) is 23.0. The van der Waals surface area contributed by atoms with Crippen LogP contribution in [-0.4, -0.2) is 96.1 Å². The molecular weight excluding hydrogens is 595 g/mol. The van der Waals surface area contributed by atoms with E-state index in [1.165, 1.54) is 29.0 Å². The third-order valence-electron chi connectivity index (χ3n) is 9.62. The molecule has 0 aliphatic carbocycles. The molecule has 0 spiro atoms. The maximum atomic E-state index is 13.5. The third kappa shape index (κ3) is 7.60. The van der Waals surface area contributed by atoms with E-state index in [9.17, 15) is 26.4 Å². The molecule has 3 aliphatic rings. The number of amides is 1. The van der Waals surface area contributed by atoms with Crippen LogP contribution < -0.4 is 0 Å². The summed E-state index contributed by atoms with van der Waals surface area (Å²) in [5.74, 6) is -0.0856. The summed E-state index contributed by atoms with van der Waals surface area (Å²) >= 11 is 0. The molecule has 0 bridgehead atoms. The van der Waals surface area contributed by atoms with Crippen LogP contribution in [0.3, 0.4) is 0 Å². The van der Waals surface area contributed by atoms with Gasteiger partial charge < -0.3 is 14.5 Å². The number of aromatic nitrogens is 2. The summed E-state index contributed by atoms with van der Waals surface area (Å²) in [6.45, 7) is 4.88. The Morgan fingerprint density at radius 2 is 1.66 bits per heavy atom. The van der Waals surface area contributed by atoms with Gasteiger partial charge in [0.05, 0.1) is 24.0 Å². The first kappa shape index (κ1) is 32.8. The maximum absolute atomic E-state index is 13.5. The van der Waals surface area contributed by atoms with Crippen LogP contribution in [0.4, 0.5) is 13.2 Å². The first-order valence-corrected chi connectivity index (χ1v) is 17.3. The number of piperidine rings is 2. The van der Waals surface area contributed by atoms with Gasteiger partial charge in [0.15, 0.2) is 0 Å². The Labute approximate surface area is 257 Å². The number of alkyl halides is 3. The average Bonchev–Trinajstić information content (AvgIpc) is 3.48. The van der Waals surface area contributed by atoms with Gasteiger partial charge in [0.25, 0.3) is 5.91 Å². The summed E-state index contributed by atoms with van der Waals surface area (Å²) in [6, 6.07) is 5.61. The number of hydrogen-bond acceptors (Lipinski definition) is 7. The molecule has 2 aromatic rings. The predicted molar refractivity (Wildman–Crippen MR) is 160 cm³/mol. The molecule has 3 fully saturated rings. The molecule has 3 saturated heterocycles. The van der Waals surface area contributed by atoms with Crippen molar-refractivity contribution < 1.29 is 31.1 Å². The smallest absolute Gasteiger partial charge is 0.370 e. The van der Waals surface area contributed by atoms with Gasteiger partial charge in [-0.3, -0.25) is 4.79 Å². The number of halogens is 3. The minimum absolute atomic E-state index is 0.0355. The number of sulfonamides is 1. The molecule has 242 valence electrons. The molecular formula is C31H42F3N5O4S. The molecule has 1 unspecified atom stereocenters. The van der Waals surface area contributed by atoms with Crippen molar-refractivity contribution in [1.29, 1.82) is 0 Å². The van der Waals surface area contributed by atoms with Crippen molar-refractivity contribution in [1.82, 2.24) is 24.1 Å². The Morgan fingerprint density at radius 3 is 2.27 bits per heavy atom. The molecule has 1 amide bonds. The van der Waals surface area contributed by atoms with Crippen molar-refractivity contribution in [3.63, 3.8) is 0 Å². The Bertz CT molecular complexity index is 1410. The largest absolute Gasteiger partial charge is 0.416 e. The topological polar surface area (TPSA) is 95.9 Å². The number of carbonyl (C=O) groups excluding carboxylic acids is 1. The fourth-order valence-electron chi connectivity index (χ4n) is 6.77.